The lowest BCUT2D eigenvalue weighted by Crippen LogP contribution is -2.08. The molecule has 1 heterocycles. The van der Waals surface area contributed by atoms with Gasteiger partial charge in [-0.1, -0.05) is 55.5 Å². The average Bonchev–Trinajstić information content (AvgIpc) is 2.60. The highest BCUT2D eigenvalue weighted by atomic mass is 16.5. The zero-order valence-corrected chi connectivity index (χ0v) is 10.7. The largest absolute Gasteiger partial charge is 0.493 e. The summed E-state index contributed by atoms with van der Waals surface area (Å²) < 4.78 is 5.87. The van der Waals surface area contributed by atoms with Gasteiger partial charge in [0.05, 0.1) is 6.61 Å². The van der Waals surface area contributed by atoms with Crippen LogP contribution in [0.3, 0.4) is 0 Å². The molecule has 0 fully saturated rings. The number of benzene rings is 2. The van der Waals surface area contributed by atoms with Gasteiger partial charge in [0.15, 0.2) is 0 Å². The molecule has 0 amide bonds. The van der Waals surface area contributed by atoms with Gasteiger partial charge in [0.2, 0.25) is 0 Å². The Labute approximate surface area is 108 Å². The Hall–Kier alpha value is -1.76. The first kappa shape index (κ1) is 11.3. The quantitative estimate of drug-likeness (QED) is 0.717. The zero-order chi connectivity index (χ0) is 12.4. The van der Waals surface area contributed by atoms with Crippen molar-refractivity contribution < 1.29 is 4.74 Å². The summed E-state index contributed by atoms with van der Waals surface area (Å²) in [7, 11) is 0. The van der Waals surface area contributed by atoms with E-state index in [4.69, 9.17) is 4.74 Å². The van der Waals surface area contributed by atoms with Gasteiger partial charge >= 0.3 is 0 Å². The van der Waals surface area contributed by atoms with E-state index >= 15 is 0 Å². The van der Waals surface area contributed by atoms with Crippen LogP contribution in [0.4, 0.5) is 0 Å². The molecule has 92 valence electrons. The number of para-hydroxylation sites is 1. The fraction of sp³-hybridized carbons (Fsp3) is 0.294. The second kappa shape index (κ2) is 4.85. The second-order valence-electron chi connectivity index (χ2n) is 4.98. The fourth-order valence-electron chi connectivity index (χ4n) is 2.91. The minimum atomic E-state index is 0.506. The molecule has 1 nitrogen and oxygen atoms in total. The summed E-state index contributed by atoms with van der Waals surface area (Å²) in [6.45, 7) is 3.12. The molecule has 1 aliphatic rings. The molecule has 18 heavy (non-hydrogen) atoms. The Kier molecular flexibility index (Phi) is 3.06. The topological polar surface area (TPSA) is 9.23 Å². The van der Waals surface area contributed by atoms with Crippen molar-refractivity contribution in [2.75, 3.05) is 6.61 Å². The first-order valence-electron chi connectivity index (χ1n) is 6.63. The van der Waals surface area contributed by atoms with Crippen molar-refractivity contribution in [3.05, 3.63) is 65.7 Å². The molecule has 1 heteroatoms. The Morgan fingerprint density at radius 3 is 2.50 bits per heavy atom. The molecular weight excluding hydrogens is 220 g/mol. The molecule has 3 rings (SSSR count). The molecule has 0 aromatic heterocycles. The predicted octanol–water partition coefficient (Wildman–Crippen LogP) is 4.36. The Morgan fingerprint density at radius 2 is 1.67 bits per heavy atom. The van der Waals surface area contributed by atoms with Crippen LogP contribution in [-0.4, -0.2) is 6.61 Å². The van der Waals surface area contributed by atoms with E-state index in [9.17, 15) is 0 Å². The van der Waals surface area contributed by atoms with Crippen molar-refractivity contribution in [2.24, 2.45) is 0 Å². The minimum absolute atomic E-state index is 0.506. The Bertz CT molecular complexity index is 518. The lowest BCUT2D eigenvalue weighted by Gasteiger charge is -2.22. The normalized spacial score (nSPS) is 22.7. The highest BCUT2D eigenvalue weighted by Crippen LogP contribution is 2.41. The van der Waals surface area contributed by atoms with Crippen LogP contribution in [0.15, 0.2) is 54.6 Å². The van der Waals surface area contributed by atoms with Crippen molar-refractivity contribution in [1.82, 2.24) is 0 Å². The smallest absolute Gasteiger partial charge is 0.122 e. The van der Waals surface area contributed by atoms with Crippen molar-refractivity contribution in [1.29, 1.82) is 0 Å². The third-order valence-corrected chi connectivity index (χ3v) is 3.93. The number of rotatable bonds is 1. The molecule has 2 aromatic carbocycles. The lowest BCUT2D eigenvalue weighted by molar-refractivity contribution is 0.308. The summed E-state index contributed by atoms with van der Waals surface area (Å²) in [5, 5.41) is 0. The number of hydrogen-bond acceptors (Lipinski definition) is 1. The maximum atomic E-state index is 5.87. The molecule has 0 saturated heterocycles. The number of hydrogen-bond donors (Lipinski definition) is 0. The second-order valence-corrected chi connectivity index (χ2v) is 4.98. The predicted molar refractivity (Wildman–Crippen MR) is 74.2 cm³/mol. The van der Waals surface area contributed by atoms with Gasteiger partial charge in [-0.25, -0.2) is 0 Å². The average molecular weight is 238 g/mol. The van der Waals surface area contributed by atoms with Gasteiger partial charge in [-0.2, -0.15) is 0 Å². The van der Waals surface area contributed by atoms with Crippen LogP contribution in [0.25, 0.3) is 0 Å². The Balaban J connectivity index is 1.99. The Morgan fingerprint density at radius 1 is 0.944 bits per heavy atom. The summed E-state index contributed by atoms with van der Waals surface area (Å²) in [4.78, 5) is 0. The molecule has 2 atom stereocenters. The van der Waals surface area contributed by atoms with Crippen LogP contribution in [0.5, 0.6) is 5.75 Å². The first-order chi connectivity index (χ1) is 8.86. The van der Waals surface area contributed by atoms with E-state index in [2.05, 4.69) is 55.5 Å². The summed E-state index contributed by atoms with van der Waals surface area (Å²) in [5.41, 5.74) is 2.76. The standard InChI is InChI=1S/C17H18O/c1-13-15(14-7-3-2-4-8-14)11-12-18-17-10-6-5-9-16(13)17/h2-10,13,15H,11-12H2,1H3/t13?,15-/m0/s1. The van der Waals surface area contributed by atoms with Gasteiger partial charge in [-0.05, 0) is 35.4 Å². The van der Waals surface area contributed by atoms with Gasteiger partial charge in [0.25, 0.3) is 0 Å². The van der Waals surface area contributed by atoms with Crippen molar-refractivity contribution in [3.8, 4) is 5.75 Å². The highest BCUT2D eigenvalue weighted by Gasteiger charge is 2.25. The monoisotopic (exact) mass is 238 g/mol. The van der Waals surface area contributed by atoms with E-state index in [0.29, 0.717) is 11.8 Å². The SMILES string of the molecule is CC1c2ccccc2OCC[C@@H]1c1ccccc1. The third-order valence-electron chi connectivity index (χ3n) is 3.93. The first-order valence-corrected chi connectivity index (χ1v) is 6.63. The molecular formula is C17H18O. The molecule has 1 aliphatic heterocycles. The zero-order valence-electron chi connectivity index (χ0n) is 10.7. The minimum Gasteiger partial charge on any atom is -0.493 e. The summed E-state index contributed by atoms with van der Waals surface area (Å²) in [6, 6.07) is 19.2. The summed E-state index contributed by atoms with van der Waals surface area (Å²) in [6.07, 6.45) is 1.08. The molecule has 0 bridgehead atoms. The van der Waals surface area contributed by atoms with Crippen LogP contribution < -0.4 is 4.74 Å². The maximum Gasteiger partial charge on any atom is 0.122 e. The van der Waals surface area contributed by atoms with E-state index in [1.165, 1.54) is 11.1 Å². The van der Waals surface area contributed by atoms with Crippen LogP contribution >= 0.6 is 0 Å². The molecule has 0 N–H and O–H groups in total. The van der Waals surface area contributed by atoms with E-state index in [0.717, 1.165) is 18.8 Å². The van der Waals surface area contributed by atoms with Crippen molar-refractivity contribution in [3.63, 3.8) is 0 Å². The van der Waals surface area contributed by atoms with Gasteiger partial charge < -0.3 is 4.74 Å². The third kappa shape index (κ3) is 2.01. The van der Waals surface area contributed by atoms with Gasteiger partial charge in [0.1, 0.15) is 5.75 Å². The van der Waals surface area contributed by atoms with Crippen LogP contribution in [-0.2, 0) is 0 Å². The highest BCUT2D eigenvalue weighted by molar-refractivity contribution is 5.39. The van der Waals surface area contributed by atoms with E-state index in [1.54, 1.807) is 0 Å². The van der Waals surface area contributed by atoms with Crippen molar-refractivity contribution >= 4 is 0 Å². The van der Waals surface area contributed by atoms with E-state index in [1.807, 2.05) is 6.07 Å². The lowest BCUT2D eigenvalue weighted by atomic mass is 9.81. The van der Waals surface area contributed by atoms with Crippen molar-refractivity contribution in [2.45, 2.75) is 25.2 Å². The summed E-state index contributed by atoms with van der Waals surface area (Å²) >= 11 is 0. The van der Waals surface area contributed by atoms with Crippen LogP contribution in [0.2, 0.25) is 0 Å². The molecule has 0 saturated carbocycles. The van der Waals surface area contributed by atoms with Gasteiger partial charge in [-0.3, -0.25) is 0 Å². The number of ether oxygens (including phenoxy) is 1. The van der Waals surface area contributed by atoms with E-state index < -0.39 is 0 Å². The van der Waals surface area contributed by atoms with Crippen LogP contribution in [0.1, 0.15) is 36.3 Å². The fourth-order valence-corrected chi connectivity index (χ4v) is 2.91. The van der Waals surface area contributed by atoms with Gasteiger partial charge in [-0.15, -0.1) is 0 Å². The van der Waals surface area contributed by atoms with Gasteiger partial charge in [0, 0.05) is 0 Å². The maximum absolute atomic E-state index is 5.87. The molecule has 2 aromatic rings. The van der Waals surface area contributed by atoms with Crippen LogP contribution in [0, 0.1) is 0 Å². The molecule has 0 aliphatic carbocycles. The summed E-state index contributed by atoms with van der Waals surface area (Å²) in [5.74, 6) is 2.12. The molecule has 0 radical (unpaired) electrons. The molecule has 0 spiro atoms. The molecule has 1 unspecified atom stereocenters. The number of fused-ring (bicyclic) bond motifs is 1. The van der Waals surface area contributed by atoms with E-state index in [-0.39, 0.29) is 0 Å².